The van der Waals surface area contributed by atoms with Crippen LogP contribution in [0.1, 0.15) is 123 Å². The molecular formula is C46H73O13P. The quantitative estimate of drug-likeness (QED) is 0.0161. The number of aliphatic hydroxyl groups is 5. The van der Waals surface area contributed by atoms with Gasteiger partial charge in [-0.25, -0.2) is 4.57 Å². The van der Waals surface area contributed by atoms with E-state index in [4.69, 9.17) is 18.5 Å². The van der Waals surface area contributed by atoms with Gasteiger partial charge in [-0.3, -0.25) is 18.6 Å². The molecule has 0 aromatic rings. The molecule has 1 saturated carbocycles. The molecule has 0 bridgehead atoms. The number of unbranched alkanes of at least 4 members (excludes halogenated alkanes) is 11. The average Bonchev–Trinajstić information content (AvgIpc) is 3.23. The van der Waals surface area contributed by atoms with Crippen molar-refractivity contribution in [3.8, 4) is 0 Å². The first kappa shape index (κ1) is 54.8. The van der Waals surface area contributed by atoms with Gasteiger partial charge in [-0.05, 0) is 51.4 Å². The van der Waals surface area contributed by atoms with Crippen molar-refractivity contribution in [2.75, 3.05) is 13.2 Å². The smallest absolute Gasteiger partial charge is 0.462 e. The molecule has 1 aliphatic rings. The Kier molecular flexibility index (Phi) is 32.3. The molecule has 0 aliphatic heterocycles. The maximum atomic E-state index is 12.8. The van der Waals surface area contributed by atoms with Crippen LogP contribution in [0, 0.1) is 0 Å². The molecule has 6 N–H and O–H groups in total. The number of hydrogen-bond donors (Lipinski definition) is 6. The number of carbonyl (C=O) groups excluding carboxylic acids is 2. The third-order valence-corrected chi connectivity index (χ3v) is 10.3. The minimum Gasteiger partial charge on any atom is -0.462 e. The summed E-state index contributed by atoms with van der Waals surface area (Å²) in [6.07, 6.45) is 33.4. The fourth-order valence-electron chi connectivity index (χ4n) is 5.85. The van der Waals surface area contributed by atoms with Crippen molar-refractivity contribution in [3.05, 3.63) is 97.2 Å². The summed E-state index contributed by atoms with van der Waals surface area (Å²) in [7, 11) is -5.15. The van der Waals surface area contributed by atoms with Crippen LogP contribution in [0.15, 0.2) is 97.2 Å². The lowest BCUT2D eigenvalue weighted by Crippen LogP contribution is -2.64. The number of esters is 2. The predicted octanol–water partition coefficient (Wildman–Crippen LogP) is 7.88. The highest BCUT2D eigenvalue weighted by molar-refractivity contribution is 7.47. The molecule has 7 unspecified atom stereocenters. The van der Waals surface area contributed by atoms with Crippen molar-refractivity contribution < 1.29 is 63.1 Å². The summed E-state index contributed by atoms with van der Waals surface area (Å²) >= 11 is 0. The monoisotopic (exact) mass is 864 g/mol. The third-order valence-electron chi connectivity index (χ3n) is 9.35. The molecule has 0 radical (unpaired) electrons. The van der Waals surface area contributed by atoms with E-state index in [2.05, 4.69) is 50.3 Å². The molecule has 14 heteroatoms. The SMILES string of the molecule is CC/C=C/C=C/C=C/C=C/C=C/CCCC(=O)OC(COC(=O)CCCCCCC/C=C/C=C/C=C/CCCCCCC)COP(=O)(O)OC1C(O)C(O)C(O)[C@H](O)C1O. The lowest BCUT2D eigenvalue weighted by atomic mass is 9.85. The first-order valence-electron chi connectivity index (χ1n) is 21.6. The van der Waals surface area contributed by atoms with Crippen molar-refractivity contribution >= 4 is 19.8 Å². The van der Waals surface area contributed by atoms with E-state index in [0.29, 0.717) is 19.3 Å². The third kappa shape index (κ3) is 27.6. The summed E-state index contributed by atoms with van der Waals surface area (Å²) in [6.45, 7) is 3.03. The average molecular weight is 865 g/mol. The van der Waals surface area contributed by atoms with E-state index in [-0.39, 0.29) is 12.8 Å². The zero-order valence-electron chi connectivity index (χ0n) is 35.7. The van der Waals surface area contributed by atoms with Crippen molar-refractivity contribution in [1.82, 2.24) is 0 Å². The van der Waals surface area contributed by atoms with E-state index < -0.39 is 75.7 Å². The van der Waals surface area contributed by atoms with Crippen molar-refractivity contribution in [2.45, 2.75) is 166 Å². The van der Waals surface area contributed by atoms with Gasteiger partial charge < -0.3 is 39.9 Å². The molecule has 1 rings (SSSR count). The number of rotatable bonds is 33. The highest BCUT2D eigenvalue weighted by atomic mass is 31.2. The Morgan fingerprint density at radius 1 is 0.533 bits per heavy atom. The van der Waals surface area contributed by atoms with Gasteiger partial charge in [0.25, 0.3) is 0 Å². The van der Waals surface area contributed by atoms with E-state index in [9.17, 15) is 44.6 Å². The number of carbonyl (C=O) groups is 2. The molecule has 13 nitrogen and oxygen atoms in total. The molecule has 0 spiro atoms. The maximum Gasteiger partial charge on any atom is 0.472 e. The topological polar surface area (TPSA) is 210 Å². The molecule has 60 heavy (non-hydrogen) atoms. The molecule has 1 fully saturated rings. The van der Waals surface area contributed by atoms with Crippen LogP contribution in [-0.4, -0.2) is 98.3 Å². The molecule has 1 aliphatic carbocycles. The highest BCUT2D eigenvalue weighted by Gasteiger charge is 2.51. The molecule has 0 amide bonds. The van der Waals surface area contributed by atoms with Crippen molar-refractivity contribution in [3.63, 3.8) is 0 Å². The van der Waals surface area contributed by atoms with Crippen LogP contribution in [0.5, 0.6) is 0 Å². The first-order valence-corrected chi connectivity index (χ1v) is 23.1. The zero-order valence-corrected chi connectivity index (χ0v) is 36.6. The van der Waals surface area contributed by atoms with Crippen LogP contribution in [-0.2, 0) is 32.7 Å². The summed E-state index contributed by atoms with van der Waals surface area (Å²) < 4.78 is 33.3. The Labute approximate surface area is 358 Å². The lowest BCUT2D eigenvalue weighted by molar-refractivity contribution is -0.220. The number of hydrogen-bond acceptors (Lipinski definition) is 12. The minimum absolute atomic E-state index is 0.0104. The van der Waals surface area contributed by atoms with Crippen LogP contribution in [0.25, 0.3) is 0 Å². The highest BCUT2D eigenvalue weighted by Crippen LogP contribution is 2.47. The van der Waals surface area contributed by atoms with Gasteiger partial charge in [-0.15, -0.1) is 0 Å². The van der Waals surface area contributed by atoms with Crippen LogP contribution < -0.4 is 0 Å². The first-order chi connectivity index (χ1) is 28.9. The Morgan fingerprint density at radius 3 is 1.50 bits per heavy atom. The van der Waals surface area contributed by atoms with Gasteiger partial charge >= 0.3 is 19.8 Å². The lowest BCUT2D eigenvalue weighted by Gasteiger charge is -2.41. The summed E-state index contributed by atoms with van der Waals surface area (Å²) in [5, 5.41) is 50.0. The van der Waals surface area contributed by atoms with Crippen molar-refractivity contribution in [2.24, 2.45) is 0 Å². The Balaban J connectivity index is 2.55. The van der Waals surface area contributed by atoms with E-state index >= 15 is 0 Å². The Morgan fingerprint density at radius 2 is 0.967 bits per heavy atom. The summed E-state index contributed by atoms with van der Waals surface area (Å²) in [4.78, 5) is 35.6. The van der Waals surface area contributed by atoms with Gasteiger partial charge in [-0.2, -0.15) is 0 Å². The summed E-state index contributed by atoms with van der Waals surface area (Å²) in [5.41, 5.74) is 0. The molecule has 0 aromatic heterocycles. The van der Waals surface area contributed by atoms with Gasteiger partial charge in [-0.1, -0.05) is 156 Å². The van der Waals surface area contributed by atoms with Crippen LogP contribution >= 0.6 is 7.82 Å². The standard InChI is InChI=1S/C46H73O13P/c1-3-5-7-9-11-13-15-17-18-19-20-21-23-24-26-28-30-32-34-39(47)56-36-38(37-57-60(54,55)59-46-44(52)42(50)41(49)43(51)45(46)53)58-40(48)35-33-31-29-27-25-22-16-14-12-10-8-6-4-2/h6,8,10,12,14-22,25,27,29,38,41-46,49-53H,3-5,7,9,11,13,23-24,26,28,30-37H2,1-2H3,(H,54,55)/b8-6+,12-10+,16-14+,17-15+,19-18+,21-20+,25-22+,29-27+/t38?,41?,42-,43?,44?,45?,46?/m0/s1. The predicted molar refractivity (Wildman–Crippen MR) is 234 cm³/mol. The van der Waals surface area contributed by atoms with E-state index in [0.717, 1.165) is 44.9 Å². The Hall–Kier alpha value is -3.23. The van der Waals surface area contributed by atoms with Gasteiger partial charge in [0.2, 0.25) is 0 Å². The number of phosphoric acid groups is 1. The molecular weight excluding hydrogens is 791 g/mol. The van der Waals surface area contributed by atoms with E-state index in [1.807, 2.05) is 60.8 Å². The number of allylic oxidation sites excluding steroid dienone is 16. The molecule has 0 heterocycles. The summed E-state index contributed by atoms with van der Waals surface area (Å²) in [5.74, 6) is -1.22. The maximum absolute atomic E-state index is 12.8. The number of phosphoric ester groups is 1. The summed E-state index contributed by atoms with van der Waals surface area (Å²) in [6, 6.07) is 0. The second-order valence-electron chi connectivity index (χ2n) is 14.6. The molecule has 8 atom stereocenters. The van der Waals surface area contributed by atoms with Gasteiger partial charge in [0.1, 0.15) is 43.2 Å². The molecule has 0 aromatic carbocycles. The molecule has 340 valence electrons. The van der Waals surface area contributed by atoms with E-state index in [1.165, 1.54) is 32.1 Å². The minimum atomic E-state index is -5.15. The second-order valence-corrected chi connectivity index (χ2v) is 16.1. The number of aliphatic hydroxyl groups excluding tert-OH is 5. The van der Waals surface area contributed by atoms with Crippen LogP contribution in [0.4, 0.5) is 0 Å². The second kappa shape index (κ2) is 35.4. The number of ether oxygens (including phenoxy) is 2. The fraction of sp³-hybridized carbons (Fsp3) is 0.609. The zero-order chi connectivity index (χ0) is 44.3. The van der Waals surface area contributed by atoms with Crippen LogP contribution in [0.3, 0.4) is 0 Å². The largest absolute Gasteiger partial charge is 0.472 e. The van der Waals surface area contributed by atoms with E-state index in [1.54, 1.807) is 0 Å². The molecule has 0 saturated heterocycles. The van der Waals surface area contributed by atoms with Gasteiger partial charge in [0.15, 0.2) is 6.10 Å². The van der Waals surface area contributed by atoms with Crippen molar-refractivity contribution in [1.29, 1.82) is 0 Å². The fourth-order valence-corrected chi connectivity index (χ4v) is 6.82. The van der Waals surface area contributed by atoms with Crippen LogP contribution in [0.2, 0.25) is 0 Å². The van der Waals surface area contributed by atoms with Gasteiger partial charge in [0, 0.05) is 12.8 Å². The Bertz CT molecular complexity index is 1420. The van der Waals surface area contributed by atoms with Gasteiger partial charge in [0.05, 0.1) is 6.61 Å². The normalized spacial score (nSPS) is 23.1.